The topological polar surface area (TPSA) is 27.7 Å². The zero-order chi connectivity index (χ0) is 15.7. The van der Waals surface area contributed by atoms with Gasteiger partial charge in [0.25, 0.3) is 0 Å². The maximum Gasteiger partial charge on any atom is 0.187 e. The van der Waals surface area contributed by atoms with Gasteiger partial charge in [-0.15, -0.1) is 0 Å². The molecule has 0 aliphatic heterocycles. The quantitative estimate of drug-likeness (QED) is 0.383. The zero-order valence-corrected chi connectivity index (χ0v) is 17.9. The van der Waals surface area contributed by atoms with Gasteiger partial charge in [0.15, 0.2) is 32.7 Å². The van der Waals surface area contributed by atoms with Gasteiger partial charge in [0.05, 0.1) is 6.61 Å². The minimum Gasteiger partial charge on any atom is -0.419 e. The summed E-state index contributed by atoms with van der Waals surface area (Å²) in [6, 6.07) is 0. The van der Waals surface area contributed by atoms with E-state index in [0.29, 0.717) is 6.61 Å². The molecule has 3 atom stereocenters. The normalized spacial score (nSPS) is 29.4. The summed E-state index contributed by atoms with van der Waals surface area (Å²) in [5, 5.41) is 0. The highest BCUT2D eigenvalue weighted by molar-refractivity contribution is 6.70. The van der Waals surface area contributed by atoms with Crippen molar-refractivity contribution in [2.45, 2.75) is 64.0 Å². The summed E-state index contributed by atoms with van der Waals surface area (Å²) in [6.45, 7) is 13.9. The van der Waals surface area contributed by atoms with Crippen molar-refractivity contribution in [3.8, 4) is 0 Å². The van der Waals surface area contributed by atoms with Crippen LogP contribution in [0.15, 0.2) is 12.2 Å². The molecule has 1 saturated carbocycles. The predicted octanol–water partition coefficient (Wildman–Crippen LogP) is 3.50. The summed E-state index contributed by atoms with van der Waals surface area (Å²) < 4.78 is 18.5. The Labute approximate surface area is 134 Å². The van der Waals surface area contributed by atoms with E-state index in [1.165, 1.54) is 12.8 Å². The first kappa shape index (κ1) is 17.6. The maximum absolute atomic E-state index is 6.18. The summed E-state index contributed by atoms with van der Waals surface area (Å²) in [4.78, 5) is 0. The molecule has 0 heterocycles. The Morgan fingerprint density at radius 1 is 1.00 bits per heavy atom. The molecule has 0 aromatic rings. The maximum atomic E-state index is 6.18. The van der Waals surface area contributed by atoms with Gasteiger partial charge < -0.3 is 13.3 Å². The molecule has 0 radical (unpaired) electrons. The smallest absolute Gasteiger partial charge is 0.187 e. The van der Waals surface area contributed by atoms with Crippen molar-refractivity contribution in [2.24, 2.45) is 11.8 Å². The molecular weight excluding hydrogens is 312 g/mol. The third-order valence-electron chi connectivity index (χ3n) is 3.97. The standard InChI is InChI=1S/C15H32O3Si3/c1-20(2,3)17-15(18-21(4,5)6)11-16-19-14-10-12-7-8-13(14)9-12/h7-8,12-15H,9-11,19H2,1-6H3. The van der Waals surface area contributed by atoms with Gasteiger partial charge in [-0.05, 0) is 69.5 Å². The van der Waals surface area contributed by atoms with Crippen LogP contribution in [-0.2, 0) is 13.3 Å². The van der Waals surface area contributed by atoms with E-state index in [9.17, 15) is 0 Å². The highest BCUT2D eigenvalue weighted by atomic mass is 28.4. The van der Waals surface area contributed by atoms with Crippen LogP contribution in [0.5, 0.6) is 0 Å². The van der Waals surface area contributed by atoms with Crippen molar-refractivity contribution >= 4 is 26.4 Å². The molecule has 6 heteroatoms. The summed E-state index contributed by atoms with van der Waals surface area (Å²) in [5.74, 6) is 1.67. The molecule has 0 aromatic carbocycles. The molecule has 0 amide bonds. The van der Waals surface area contributed by atoms with Crippen molar-refractivity contribution in [1.82, 2.24) is 0 Å². The highest BCUT2D eigenvalue weighted by Crippen LogP contribution is 2.46. The Balaban J connectivity index is 1.77. The molecule has 0 N–H and O–H groups in total. The first-order valence-electron chi connectivity index (χ1n) is 8.24. The lowest BCUT2D eigenvalue weighted by molar-refractivity contribution is -0.0394. The molecule has 2 rings (SSSR count). The van der Waals surface area contributed by atoms with E-state index < -0.39 is 26.4 Å². The molecular formula is C15H32O3Si3. The number of fused-ring (bicyclic) bond motifs is 2. The Morgan fingerprint density at radius 2 is 1.62 bits per heavy atom. The van der Waals surface area contributed by atoms with Gasteiger partial charge in [0.1, 0.15) is 0 Å². The van der Waals surface area contributed by atoms with E-state index in [1.807, 2.05) is 0 Å². The van der Waals surface area contributed by atoms with Crippen LogP contribution < -0.4 is 0 Å². The summed E-state index contributed by atoms with van der Waals surface area (Å²) >= 11 is 0. The monoisotopic (exact) mass is 344 g/mol. The molecule has 0 spiro atoms. The fourth-order valence-electron chi connectivity index (χ4n) is 3.28. The third kappa shape index (κ3) is 6.11. The van der Waals surface area contributed by atoms with Crippen LogP contribution in [0.3, 0.4) is 0 Å². The first-order chi connectivity index (χ1) is 9.62. The van der Waals surface area contributed by atoms with Gasteiger partial charge in [0, 0.05) is 0 Å². The molecule has 3 nitrogen and oxygen atoms in total. The lowest BCUT2D eigenvalue weighted by atomic mass is 10.1. The minimum atomic E-state index is -1.59. The molecule has 21 heavy (non-hydrogen) atoms. The van der Waals surface area contributed by atoms with E-state index in [1.54, 1.807) is 0 Å². The van der Waals surface area contributed by atoms with Gasteiger partial charge in [-0.3, -0.25) is 0 Å². The average Bonchev–Trinajstić information content (AvgIpc) is 2.85. The Bertz CT molecular complexity index is 357. The van der Waals surface area contributed by atoms with Crippen LogP contribution in [-0.4, -0.2) is 39.3 Å². The van der Waals surface area contributed by atoms with Crippen molar-refractivity contribution in [3.05, 3.63) is 12.2 Å². The van der Waals surface area contributed by atoms with Gasteiger partial charge in [0.2, 0.25) is 0 Å². The molecule has 0 saturated heterocycles. The average molecular weight is 345 g/mol. The van der Waals surface area contributed by atoms with Crippen molar-refractivity contribution in [2.75, 3.05) is 6.61 Å². The molecule has 122 valence electrons. The van der Waals surface area contributed by atoms with Gasteiger partial charge in [-0.2, -0.15) is 0 Å². The summed E-state index contributed by atoms with van der Waals surface area (Å²) in [6.07, 6.45) is 7.42. The summed E-state index contributed by atoms with van der Waals surface area (Å²) in [7, 11) is -3.66. The molecule has 0 aromatic heterocycles. The van der Waals surface area contributed by atoms with Crippen molar-refractivity contribution in [3.63, 3.8) is 0 Å². The number of allylic oxidation sites excluding steroid dienone is 2. The van der Waals surface area contributed by atoms with E-state index in [4.69, 9.17) is 13.3 Å². The first-order valence-corrected chi connectivity index (χ1v) is 16.5. The SMILES string of the molecule is C[Si](C)(C)OC(CO[SiH2]C1CC2C=CC1C2)O[Si](C)(C)C. The predicted molar refractivity (Wildman–Crippen MR) is 96.3 cm³/mol. The van der Waals surface area contributed by atoms with E-state index in [0.717, 1.165) is 17.4 Å². The number of rotatable bonds is 8. The van der Waals surface area contributed by atoms with Gasteiger partial charge >= 0.3 is 0 Å². The second-order valence-electron chi connectivity index (χ2n) is 8.47. The van der Waals surface area contributed by atoms with Crippen molar-refractivity contribution in [1.29, 1.82) is 0 Å². The Hall–Kier alpha value is 0.271. The summed E-state index contributed by atoms with van der Waals surface area (Å²) in [5.41, 5.74) is 0.847. The second kappa shape index (κ2) is 6.80. The Kier molecular flexibility index (Phi) is 5.71. The third-order valence-corrected chi connectivity index (χ3v) is 7.75. The number of hydrogen-bond acceptors (Lipinski definition) is 3. The fourth-order valence-corrected chi connectivity index (χ4v) is 6.98. The van der Waals surface area contributed by atoms with Crippen LogP contribution in [0.2, 0.25) is 44.8 Å². The Morgan fingerprint density at radius 3 is 2.05 bits per heavy atom. The lowest BCUT2D eigenvalue weighted by Gasteiger charge is -2.32. The van der Waals surface area contributed by atoms with E-state index in [-0.39, 0.29) is 6.29 Å². The largest absolute Gasteiger partial charge is 0.419 e. The van der Waals surface area contributed by atoms with Crippen LogP contribution in [0, 0.1) is 11.8 Å². The zero-order valence-electron chi connectivity index (χ0n) is 14.5. The highest BCUT2D eigenvalue weighted by Gasteiger charge is 2.36. The van der Waals surface area contributed by atoms with Crippen LogP contribution in [0.25, 0.3) is 0 Å². The van der Waals surface area contributed by atoms with Crippen LogP contribution in [0.1, 0.15) is 12.8 Å². The molecule has 2 aliphatic rings. The van der Waals surface area contributed by atoms with Crippen LogP contribution >= 0.6 is 0 Å². The van der Waals surface area contributed by atoms with E-state index in [2.05, 4.69) is 51.4 Å². The number of hydrogen-bond donors (Lipinski definition) is 0. The van der Waals surface area contributed by atoms with Gasteiger partial charge in [-0.25, -0.2) is 0 Å². The lowest BCUT2D eigenvalue weighted by Crippen LogP contribution is -2.42. The molecule has 1 fully saturated rings. The van der Waals surface area contributed by atoms with Crippen molar-refractivity contribution < 1.29 is 13.3 Å². The molecule has 3 unspecified atom stereocenters. The molecule has 2 aliphatic carbocycles. The van der Waals surface area contributed by atoms with Gasteiger partial charge in [-0.1, -0.05) is 12.2 Å². The molecule has 2 bridgehead atoms. The minimum absolute atomic E-state index is 0.148. The van der Waals surface area contributed by atoms with E-state index >= 15 is 0 Å². The fraction of sp³-hybridized carbons (Fsp3) is 0.867. The van der Waals surface area contributed by atoms with Crippen LogP contribution in [0.4, 0.5) is 0 Å². The second-order valence-corrected chi connectivity index (χ2v) is 19.2.